The molecule has 0 saturated carbocycles. The fourth-order valence-electron chi connectivity index (χ4n) is 1.43. The highest BCUT2D eigenvalue weighted by atomic mass is 79.9. The standard InChI is InChI=1S/C12H15BrN2O3/c1-7(2-3-14)11(16)15-10-5-8(12(17)18)4-9(13)6-10/h4-7H,2-3,14H2,1H3,(H,15,16)(H,17,18). The van der Waals surface area contributed by atoms with Crippen molar-refractivity contribution in [3.8, 4) is 0 Å². The molecule has 6 heteroatoms. The van der Waals surface area contributed by atoms with Gasteiger partial charge >= 0.3 is 5.97 Å². The normalized spacial score (nSPS) is 11.9. The van der Waals surface area contributed by atoms with Gasteiger partial charge in [0, 0.05) is 16.1 Å². The van der Waals surface area contributed by atoms with Gasteiger partial charge in [-0.05, 0) is 31.2 Å². The summed E-state index contributed by atoms with van der Waals surface area (Å²) in [4.78, 5) is 22.6. The van der Waals surface area contributed by atoms with Crippen LogP contribution in [0.1, 0.15) is 23.7 Å². The molecule has 0 bridgehead atoms. The molecule has 0 aliphatic rings. The van der Waals surface area contributed by atoms with E-state index in [9.17, 15) is 9.59 Å². The lowest BCUT2D eigenvalue weighted by Gasteiger charge is -2.11. The fourth-order valence-corrected chi connectivity index (χ4v) is 1.93. The van der Waals surface area contributed by atoms with Gasteiger partial charge in [-0.2, -0.15) is 0 Å². The minimum Gasteiger partial charge on any atom is -0.478 e. The molecule has 0 fully saturated rings. The molecule has 1 aromatic carbocycles. The predicted octanol–water partition coefficient (Wildman–Crippen LogP) is 2.07. The Hall–Kier alpha value is -1.40. The Morgan fingerprint density at radius 1 is 1.44 bits per heavy atom. The molecule has 1 rings (SSSR count). The van der Waals surface area contributed by atoms with Crippen molar-refractivity contribution in [1.82, 2.24) is 0 Å². The molecule has 0 radical (unpaired) electrons. The number of nitrogens with two attached hydrogens (primary N) is 1. The maximum Gasteiger partial charge on any atom is 0.335 e. The molecule has 0 aliphatic carbocycles. The number of hydrogen-bond acceptors (Lipinski definition) is 3. The lowest BCUT2D eigenvalue weighted by atomic mass is 10.1. The maximum absolute atomic E-state index is 11.8. The molecule has 0 aliphatic heterocycles. The molecule has 1 atom stereocenters. The van der Waals surface area contributed by atoms with Gasteiger partial charge in [0.2, 0.25) is 5.91 Å². The molecular formula is C12H15BrN2O3. The number of aromatic carboxylic acids is 1. The first-order chi connectivity index (χ1) is 8.43. The van der Waals surface area contributed by atoms with E-state index in [1.54, 1.807) is 13.0 Å². The van der Waals surface area contributed by atoms with E-state index in [0.29, 0.717) is 23.1 Å². The monoisotopic (exact) mass is 314 g/mol. The average Bonchev–Trinajstić information content (AvgIpc) is 2.28. The molecule has 1 amide bonds. The second-order valence-electron chi connectivity index (χ2n) is 4.00. The van der Waals surface area contributed by atoms with Crippen LogP contribution in [0.5, 0.6) is 0 Å². The highest BCUT2D eigenvalue weighted by Gasteiger charge is 2.13. The van der Waals surface area contributed by atoms with Gasteiger partial charge in [0.15, 0.2) is 0 Å². The minimum atomic E-state index is -1.04. The molecule has 0 spiro atoms. The predicted molar refractivity (Wildman–Crippen MR) is 72.6 cm³/mol. The van der Waals surface area contributed by atoms with Gasteiger partial charge in [-0.15, -0.1) is 0 Å². The van der Waals surface area contributed by atoms with Crippen molar-refractivity contribution in [2.45, 2.75) is 13.3 Å². The van der Waals surface area contributed by atoms with Gasteiger partial charge < -0.3 is 16.2 Å². The number of benzene rings is 1. The molecule has 18 heavy (non-hydrogen) atoms. The molecule has 5 nitrogen and oxygen atoms in total. The number of halogens is 1. The molecule has 4 N–H and O–H groups in total. The van der Waals surface area contributed by atoms with Crippen LogP contribution in [0.3, 0.4) is 0 Å². The number of carbonyl (C=O) groups excluding carboxylic acids is 1. The summed E-state index contributed by atoms with van der Waals surface area (Å²) in [5.41, 5.74) is 5.95. The van der Waals surface area contributed by atoms with E-state index >= 15 is 0 Å². The summed E-state index contributed by atoms with van der Waals surface area (Å²) < 4.78 is 0.601. The second kappa shape index (κ2) is 6.51. The Bertz CT molecular complexity index is 463. The lowest BCUT2D eigenvalue weighted by Crippen LogP contribution is -2.22. The first kappa shape index (κ1) is 14.7. The second-order valence-corrected chi connectivity index (χ2v) is 4.92. The van der Waals surface area contributed by atoms with Crippen molar-refractivity contribution in [2.75, 3.05) is 11.9 Å². The largest absolute Gasteiger partial charge is 0.478 e. The summed E-state index contributed by atoms with van der Waals surface area (Å²) >= 11 is 3.20. The van der Waals surface area contributed by atoms with Gasteiger partial charge in [-0.25, -0.2) is 4.79 Å². The molecule has 98 valence electrons. The number of carbonyl (C=O) groups is 2. The molecule has 1 aromatic rings. The quantitative estimate of drug-likeness (QED) is 0.775. The zero-order chi connectivity index (χ0) is 13.7. The van der Waals surface area contributed by atoms with Crippen LogP contribution in [0.25, 0.3) is 0 Å². The summed E-state index contributed by atoms with van der Waals surface area (Å²) in [5, 5.41) is 11.6. The van der Waals surface area contributed by atoms with Crippen molar-refractivity contribution < 1.29 is 14.7 Å². The van der Waals surface area contributed by atoms with Crippen molar-refractivity contribution in [1.29, 1.82) is 0 Å². The number of nitrogens with one attached hydrogen (secondary N) is 1. The van der Waals surface area contributed by atoms with Crippen LogP contribution >= 0.6 is 15.9 Å². The molecular weight excluding hydrogens is 300 g/mol. The molecule has 1 unspecified atom stereocenters. The van der Waals surface area contributed by atoms with Crippen LogP contribution < -0.4 is 11.1 Å². The summed E-state index contributed by atoms with van der Waals surface area (Å²) in [6, 6.07) is 4.54. The highest BCUT2D eigenvalue weighted by molar-refractivity contribution is 9.10. The summed E-state index contributed by atoms with van der Waals surface area (Å²) in [5.74, 6) is -1.42. The van der Waals surface area contributed by atoms with Crippen molar-refractivity contribution in [3.63, 3.8) is 0 Å². The van der Waals surface area contributed by atoms with Crippen LogP contribution in [0.4, 0.5) is 5.69 Å². The van der Waals surface area contributed by atoms with Gasteiger partial charge in [0.25, 0.3) is 0 Å². The van der Waals surface area contributed by atoms with Crippen molar-refractivity contribution >= 4 is 33.5 Å². The number of carboxylic acids is 1. The van der Waals surface area contributed by atoms with Crippen LogP contribution in [0, 0.1) is 5.92 Å². The summed E-state index contributed by atoms with van der Waals surface area (Å²) in [7, 11) is 0. The average molecular weight is 315 g/mol. The Morgan fingerprint density at radius 2 is 2.11 bits per heavy atom. The topological polar surface area (TPSA) is 92.4 Å². The van der Waals surface area contributed by atoms with Crippen molar-refractivity contribution in [2.24, 2.45) is 11.7 Å². The van der Waals surface area contributed by atoms with E-state index in [1.807, 2.05) is 0 Å². The molecule has 0 aromatic heterocycles. The number of anilines is 1. The fraction of sp³-hybridized carbons (Fsp3) is 0.333. The number of hydrogen-bond donors (Lipinski definition) is 3. The third-order valence-electron chi connectivity index (χ3n) is 2.46. The van der Waals surface area contributed by atoms with E-state index in [0.717, 1.165) is 0 Å². The van der Waals surface area contributed by atoms with Gasteiger partial charge in [0.1, 0.15) is 0 Å². The molecule has 0 heterocycles. The van der Waals surface area contributed by atoms with Gasteiger partial charge in [-0.3, -0.25) is 4.79 Å². The zero-order valence-corrected chi connectivity index (χ0v) is 11.5. The van der Waals surface area contributed by atoms with Crippen molar-refractivity contribution in [3.05, 3.63) is 28.2 Å². The van der Waals surface area contributed by atoms with E-state index in [-0.39, 0.29) is 17.4 Å². The third-order valence-corrected chi connectivity index (χ3v) is 2.92. The van der Waals surface area contributed by atoms with Gasteiger partial charge in [-0.1, -0.05) is 22.9 Å². The van der Waals surface area contributed by atoms with E-state index in [2.05, 4.69) is 21.2 Å². The zero-order valence-electron chi connectivity index (χ0n) is 9.94. The molecule has 0 saturated heterocycles. The first-order valence-corrected chi connectivity index (χ1v) is 6.28. The maximum atomic E-state index is 11.8. The number of carboxylic acid groups (broad SMARTS) is 1. The van der Waals surface area contributed by atoms with E-state index in [4.69, 9.17) is 10.8 Å². The van der Waals surface area contributed by atoms with E-state index < -0.39 is 5.97 Å². The number of rotatable bonds is 5. The Morgan fingerprint density at radius 3 is 2.67 bits per heavy atom. The lowest BCUT2D eigenvalue weighted by molar-refractivity contribution is -0.119. The number of amides is 1. The minimum absolute atomic E-state index is 0.117. The smallest absolute Gasteiger partial charge is 0.335 e. The van der Waals surface area contributed by atoms with Gasteiger partial charge in [0.05, 0.1) is 5.56 Å². The highest BCUT2D eigenvalue weighted by Crippen LogP contribution is 2.20. The van der Waals surface area contributed by atoms with Crippen LogP contribution in [-0.2, 0) is 4.79 Å². The third kappa shape index (κ3) is 4.12. The first-order valence-electron chi connectivity index (χ1n) is 5.49. The Labute approximate surface area is 113 Å². The Kier molecular flexibility index (Phi) is 5.30. The van der Waals surface area contributed by atoms with Crippen LogP contribution in [-0.4, -0.2) is 23.5 Å². The van der Waals surface area contributed by atoms with Crippen LogP contribution in [0.15, 0.2) is 22.7 Å². The van der Waals surface area contributed by atoms with E-state index in [1.165, 1.54) is 12.1 Å². The summed E-state index contributed by atoms with van der Waals surface area (Å²) in [6.07, 6.45) is 0.589. The van der Waals surface area contributed by atoms with Crippen LogP contribution in [0.2, 0.25) is 0 Å². The summed E-state index contributed by atoms with van der Waals surface area (Å²) in [6.45, 7) is 2.21. The SMILES string of the molecule is CC(CCN)C(=O)Nc1cc(Br)cc(C(=O)O)c1. The Balaban J connectivity index is 2.84.